The molecule has 4 heteroatoms. The Kier molecular flexibility index (Phi) is 5.10. The molecule has 1 aromatic carbocycles. The van der Waals surface area contributed by atoms with E-state index < -0.39 is 6.04 Å². The first-order valence-corrected chi connectivity index (χ1v) is 6.46. The molecule has 0 saturated carbocycles. The average molecular weight is 262 g/mol. The van der Waals surface area contributed by atoms with Gasteiger partial charge in [0.05, 0.1) is 0 Å². The van der Waals surface area contributed by atoms with E-state index in [1.807, 2.05) is 45.9 Å². The van der Waals surface area contributed by atoms with Crippen molar-refractivity contribution in [2.45, 2.75) is 40.7 Å². The van der Waals surface area contributed by atoms with Crippen molar-refractivity contribution in [3.63, 3.8) is 0 Å². The van der Waals surface area contributed by atoms with Gasteiger partial charge in [0.25, 0.3) is 0 Å². The zero-order valence-electron chi connectivity index (χ0n) is 12.2. The summed E-state index contributed by atoms with van der Waals surface area (Å²) >= 11 is 0. The van der Waals surface area contributed by atoms with Gasteiger partial charge in [0.2, 0.25) is 11.8 Å². The van der Waals surface area contributed by atoms with Gasteiger partial charge in [-0.1, -0.05) is 26.0 Å². The molecule has 0 spiro atoms. The van der Waals surface area contributed by atoms with Gasteiger partial charge in [-0.25, -0.2) is 0 Å². The summed E-state index contributed by atoms with van der Waals surface area (Å²) in [6, 6.07) is 5.38. The lowest BCUT2D eigenvalue weighted by atomic mass is 10.0. The lowest BCUT2D eigenvalue weighted by Gasteiger charge is -2.21. The number of nitrogens with one attached hydrogen (secondary N) is 2. The predicted octanol–water partition coefficient (Wildman–Crippen LogP) is 2.40. The molecule has 4 nitrogen and oxygen atoms in total. The Balaban J connectivity index is 2.87. The van der Waals surface area contributed by atoms with Crippen LogP contribution in [0, 0.1) is 19.8 Å². The normalized spacial score (nSPS) is 12.1. The maximum Gasteiger partial charge on any atom is 0.247 e. The van der Waals surface area contributed by atoms with Gasteiger partial charge in [0.15, 0.2) is 0 Å². The van der Waals surface area contributed by atoms with Crippen molar-refractivity contribution in [1.82, 2.24) is 5.32 Å². The van der Waals surface area contributed by atoms with Gasteiger partial charge < -0.3 is 10.6 Å². The number of hydrogen-bond donors (Lipinski definition) is 2. The van der Waals surface area contributed by atoms with Gasteiger partial charge in [0, 0.05) is 12.6 Å². The summed E-state index contributed by atoms with van der Waals surface area (Å²) in [7, 11) is 0. The average Bonchev–Trinajstić information content (AvgIpc) is 2.30. The second kappa shape index (κ2) is 6.36. The monoisotopic (exact) mass is 262 g/mol. The van der Waals surface area contributed by atoms with E-state index in [0.29, 0.717) is 0 Å². The van der Waals surface area contributed by atoms with Crippen LogP contribution >= 0.6 is 0 Å². The molecular formula is C15H22N2O2. The molecular weight excluding hydrogens is 240 g/mol. The SMILES string of the molecule is CC(=O)NC(C(=O)Nc1cc(C)ccc1C)C(C)C. The smallest absolute Gasteiger partial charge is 0.247 e. The van der Waals surface area contributed by atoms with Crippen molar-refractivity contribution in [3.8, 4) is 0 Å². The topological polar surface area (TPSA) is 58.2 Å². The van der Waals surface area contributed by atoms with Crippen LogP contribution in [-0.2, 0) is 9.59 Å². The van der Waals surface area contributed by atoms with E-state index in [2.05, 4.69) is 10.6 Å². The van der Waals surface area contributed by atoms with Crippen molar-refractivity contribution in [2.75, 3.05) is 5.32 Å². The highest BCUT2D eigenvalue weighted by atomic mass is 16.2. The van der Waals surface area contributed by atoms with Crippen LogP contribution < -0.4 is 10.6 Å². The molecule has 0 aliphatic rings. The molecule has 104 valence electrons. The molecule has 1 rings (SSSR count). The van der Waals surface area contributed by atoms with Crippen molar-refractivity contribution < 1.29 is 9.59 Å². The molecule has 0 aromatic heterocycles. The first kappa shape index (κ1) is 15.2. The van der Waals surface area contributed by atoms with E-state index >= 15 is 0 Å². The molecule has 1 unspecified atom stereocenters. The Bertz CT molecular complexity index is 481. The molecule has 2 N–H and O–H groups in total. The van der Waals surface area contributed by atoms with Crippen molar-refractivity contribution >= 4 is 17.5 Å². The second-order valence-electron chi connectivity index (χ2n) is 5.23. The number of carbonyl (C=O) groups is 2. The van der Waals surface area contributed by atoms with Crippen LogP contribution in [0.4, 0.5) is 5.69 Å². The number of hydrogen-bond acceptors (Lipinski definition) is 2. The van der Waals surface area contributed by atoms with Crippen LogP contribution in [0.5, 0.6) is 0 Å². The van der Waals surface area contributed by atoms with Gasteiger partial charge >= 0.3 is 0 Å². The van der Waals surface area contributed by atoms with Crippen LogP contribution in [0.25, 0.3) is 0 Å². The summed E-state index contributed by atoms with van der Waals surface area (Å²) in [6.07, 6.45) is 0. The van der Waals surface area contributed by atoms with Crippen LogP contribution in [0.3, 0.4) is 0 Å². The Morgan fingerprint density at radius 3 is 2.32 bits per heavy atom. The molecule has 1 atom stereocenters. The number of anilines is 1. The molecule has 0 bridgehead atoms. The minimum Gasteiger partial charge on any atom is -0.344 e. The summed E-state index contributed by atoms with van der Waals surface area (Å²) in [5.41, 5.74) is 2.88. The van der Waals surface area contributed by atoms with Gasteiger partial charge in [0.1, 0.15) is 6.04 Å². The van der Waals surface area contributed by atoms with E-state index in [1.54, 1.807) is 0 Å². The molecule has 0 radical (unpaired) electrons. The number of rotatable bonds is 4. The van der Waals surface area contributed by atoms with Gasteiger partial charge in [-0.05, 0) is 37.0 Å². The third kappa shape index (κ3) is 4.39. The zero-order chi connectivity index (χ0) is 14.6. The second-order valence-corrected chi connectivity index (χ2v) is 5.23. The fourth-order valence-electron chi connectivity index (χ4n) is 1.83. The van der Waals surface area contributed by atoms with E-state index in [4.69, 9.17) is 0 Å². The largest absolute Gasteiger partial charge is 0.344 e. The van der Waals surface area contributed by atoms with Crippen molar-refractivity contribution in [1.29, 1.82) is 0 Å². The standard InChI is InChI=1S/C15H22N2O2/c1-9(2)14(16-12(5)18)15(19)17-13-8-10(3)6-7-11(13)4/h6-9,14H,1-5H3,(H,16,18)(H,17,19). The Labute approximate surface area is 114 Å². The molecule has 0 aliphatic heterocycles. The molecule has 0 fully saturated rings. The lowest BCUT2D eigenvalue weighted by Crippen LogP contribution is -2.46. The van der Waals surface area contributed by atoms with Crippen LogP contribution in [0.1, 0.15) is 31.9 Å². The van der Waals surface area contributed by atoms with Gasteiger partial charge in [-0.2, -0.15) is 0 Å². The van der Waals surface area contributed by atoms with Crippen LogP contribution in [0.15, 0.2) is 18.2 Å². The van der Waals surface area contributed by atoms with Crippen molar-refractivity contribution in [2.24, 2.45) is 5.92 Å². The molecule has 2 amide bonds. The minimum absolute atomic E-state index is 0.0361. The van der Waals surface area contributed by atoms with Gasteiger partial charge in [-0.3, -0.25) is 9.59 Å². The Morgan fingerprint density at radius 2 is 1.79 bits per heavy atom. The third-order valence-electron chi connectivity index (χ3n) is 2.96. The number of carbonyl (C=O) groups excluding carboxylic acids is 2. The molecule has 19 heavy (non-hydrogen) atoms. The molecule has 0 aliphatic carbocycles. The van der Waals surface area contributed by atoms with Crippen LogP contribution in [-0.4, -0.2) is 17.9 Å². The fourth-order valence-corrected chi connectivity index (χ4v) is 1.83. The van der Waals surface area contributed by atoms with E-state index in [0.717, 1.165) is 16.8 Å². The van der Waals surface area contributed by atoms with Gasteiger partial charge in [-0.15, -0.1) is 0 Å². The van der Waals surface area contributed by atoms with E-state index in [-0.39, 0.29) is 17.7 Å². The number of benzene rings is 1. The maximum absolute atomic E-state index is 12.2. The minimum atomic E-state index is -0.516. The highest BCUT2D eigenvalue weighted by Crippen LogP contribution is 2.17. The first-order valence-electron chi connectivity index (χ1n) is 6.46. The van der Waals surface area contributed by atoms with Crippen LogP contribution in [0.2, 0.25) is 0 Å². The summed E-state index contributed by atoms with van der Waals surface area (Å²) in [6.45, 7) is 9.15. The molecule has 0 saturated heterocycles. The molecule has 1 aromatic rings. The predicted molar refractivity (Wildman–Crippen MR) is 77.0 cm³/mol. The number of amides is 2. The molecule has 0 heterocycles. The van der Waals surface area contributed by atoms with E-state index in [9.17, 15) is 9.59 Å². The maximum atomic E-state index is 12.2. The highest BCUT2D eigenvalue weighted by Gasteiger charge is 2.23. The van der Waals surface area contributed by atoms with Crippen molar-refractivity contribution in [3.05, 3.63) is 29.3 Å². The summed E-state index contributed by atoms with van der Waals surface area (Å²) in [5, 5.41) is 5.57. The highest BCUT2D eigenvalue weighted by molar-refractivity contribution is 5.97. The zero-order valence-corrected chi connectivity index (χ0v) is 12.2. The number of aryl methyl sites for hydroxylation is 2. The summed E-state index contributed by atoms with van der Waals surface area (Å²) in [4.78, 5) is 23.4. The summed E-state index contributed by atoms with van der Waals surface area (Å²) in [5.74, 6) is -0.345. The lowest BCUT2D eigenvalue weighted by molar-refractivity contribution is -0.126. The summed E-state index contributed by atoms with van der Waals surface area (Å²) < 4.78 is 0. The third-order valence-corrected chi connectivity index (χ3v) is 2.96. The fraction of sp³-hybridized carbons (Fsp3) is 0.467. The quantitative estimate of drug-likeness (QED) is 0.875. The Hall–Kier alpha value is -1.84. The first-order chi connectivity index (χ1) is 8.81. The van der Waals surface area contributed by atoms with E-state index in [1.165, 1.54) is 6.92 Å². The Morgan fingerprint density at radius 1 is 1.16 bits per heavy atom.